The molecule has 0 aliphatic heterocycles. The molecule has 0 spiro atoms. The molecular formula is C9H13I2NO2. The number of aryl methyl sites for hydroxylation is 1. The van der Waals surface area contributed by atoms with E-state index in [0.29, 0.717) is 12.0 Å². The number of rotatable bonds is 1. The number of aromatic hydroxyl groups is 1. The minimum absolute atomic E-state index is 0.0301. The zero-order chi connectivity index (χ0) is 11.6. The number of hydrogen-bond donors (Lipinski definition) is 1. The highest BCUT2D eigenvalue weighted by Crippen LogP contribution is 2.16. The Morgan fingerprint density at radius 2 is 1.93 bits per heavy atom. The molecule has 1 aromatic rings. The maximum absolute atomic E-state index is 10.2. The van der Waals surface area contributed by atoms with Crippen molar-refractivity contribution in [2.24, 2.45) is 0 Å². The lowest BCUT2D eigenvalue weighted by Crippen LogP contribution is -1.86. The molecular weight excluding hydrogens is 408 g/mol. The van der Waals surface area contributed by atoms with Gasteiger partial charge in [0.15, 0.2) is 6.29 Å². The average molecular weight is 421 g/mol. The van der Waals surface area contributed by atoms with Crippen LogP contribution in [0.15, 0.2) is 12.3 Å². The van der Waals surface area contributed by atoms with Gasteiger partial charge in [-0.3, -0.25) is 9.78 Å². The van der Waals surface area contributed by atoms with E-state index < -0.39 is 0 Å². The van der Waals surface area contributed by atoms with Gasteiger partial charge in [0.1, 0.15) is 5.75 Å². The second kappa shape index (κ2) is 11.2. The molecule has 0 unspecified atom stereocenters. The molecule has 1 N–H and O–H groups in total. The van der Waals surface area contributed by atoms with Crippen LogP contribution >= 0.6 is 37.2 Å². The highest BCUT2D eigenvalue weighted by molar-refractivity contribution is 15.0. The summed E-state index contributed by atoms with van der Waals surface area (Å²) in [6, 6.07) is 1.47. The number of nitrogens with zero attached hydrogens (tertiary/aromatic N) is 1. The van der Waals surface area contributed by atoms with Gasteiger partial charge < -0.3 is 5.11 Å². The van der Waals surface area contributed by atoms with Crippen LogP contribution < -0.4 is 0 Å². The minimum atomic E-state index is -0.0301. The molecule has 0 bridgehead atoms. The van der Waals surface area contributed by atoms with E-state index in [2.05, 4.69) is 42.2 Å². The van der Waals surface area contributed by atoms with Crippen LogP contribution in [-0.4, -0.2) is 16.4 Å². The quantitative estimate of drug-likeness (QED) is 0.556. The molecule has 1 aromatic heterocycles. The standard InChI is InChI=1S/C7H7NO2.C2H6.I2/c1-5-7(10)6(4-9)2-3-8-5;2*1-2/h2-4,10H,1H3;1-2H3;. The van der Waals surface area contributed by atoms with Crippen LogP contribution in [0.2, 0.25) is 0 Å². The lowest BCUT2D eigenvalue weighted by Gasteiger charge is -1.97. The lowest BCUT2D eigenvalue weighted by molar-refractivity contribution is 0.112. The van der Waals surface area contributed by atoms with Gasteiger partial charge in [-0.05, 0) is 13.0 Å². The third-order valence-corrected chi connectivity index (χ3v) is 1.27. The van der Waals surface area contributed by atoms with E-state index in [4.69, 9.17) is 5.11 Å². The SMILES string of the molecule is CC.Cc1nccc(C=O)c1O.II. The van der Waals surface area contributed by atoms with Gasteiger partial charge in [-0.25, -0.2) is 0 Å². The molecule has 1 heterocycles. The van der Waals surface area contributed by atoms with Crippen molar-refractivity contribution in [1.82, 2.24) is 4.98 Å². The Labute approximate surface area is 108 Å². The largest absolute Gasteiger partial charge is 0.505 e. The Kier molecular flexibility index (Phi) is 13.2. The van der Waals surface area contributed by atoms with E-state index in [1.165, 1.54) is 12.3 Å². The predicted molar refractivity (Wildman–Crippen MR) is 75.4 cm³/mol. The Morgan fingerprint density at radius 3 is 2.29 bits per heavy atom. The first kappa shape index (κ1) is 16.5. The summed E-state index contributed by atoms with van der Waals surface area (Å²) in [5.41, 5.74) is 0.761. The van der Waals surface area contributed by atoms with Crippen LogP contribution in [0.3, 0.4) is 0 Å². The number of carbonyl (C=O) groups excluding carboxylic acids is 1. The molecule has 0 fully saturated rings. The van der Waals surface area contributed by atoms with Gasteiger partial charge in [0.05, 0.1) is 11.3 Å². The maximum Gasteiger partial charge on any atom is 0.153 e. The van der Waals surface area contributed by atoms with Crippen molar-refractivity contribution in [3.8, 4) is 5.75 Å². The summed E-state index contributed by atoms with van der Waals surface area (Å²) in [4.78, 5) is 14.0. The van der Waals surface area contributed by atoms with Crippen LogP contribution in [0.1, 0.15) is 29.9 Å². The molecule has 0 amide bonds. The van der Waals surface area contributed by atoms with Crippen LogP contribution in [-0.2, 0) is 0 Å². The lowest BCUT2D eigenvalue weighted by atomic mass is 10.2. The molecule has 5 heteroatoms. The maximum atomic E-state index is 10.2. The molecule has 0 saturated heterocycles. The van der Waals surface area contributed by atoms with Crippen molar-refractivity contribution >= 4 is 43.5 Å². The third kappa shape index (κ3) is 5.74. The number of pyridine rings is 1. The summed E-state index contributed by atoms with van der Waals surface area (Å²) < 4.78 is 0. The van der Waals surface area contributed by atoms with Gasteiger partial charge in [0, 0.05) is 43.4 Å². The molecule has 0 atom stereocenters. The van der Waals surface area contributed by atoms with Gasteiger partial charge in [-0.1, -0.05) is 13.8 Å². The van der Waals surface area contributed by atoms with E-state index in [1.807, 2.05) is 13.8 Å². The van der Waals surface area contributed by atoms with E-state index in [9.17, 15) is 4.79 Å². The van der Waals surface area contributed by atoms with Crippen molar-refractivity contribution < 1.29 is 9.90 Å². The molecule has 14 heavy (non-hydrogen) atoms. The molecule has 0 aromatic carbocycles. The van der Waals surface area contributed by atoms with Gasteiger partial charge >= 0.3 is 0 Å². The Bertz CT molecular complexity index is 267. The molecule has 80 valence electrons. The fraction of sp³-hybridized carbons (Fsp3) is 0.333. The van der Waals surface area contributed by atoms with Crippen LogP contribution in [0.5, 0.6) is 5.75 Å². The van der Waals surface area contributed by atoms with Crippen LogP contribution in [0, 0.1) is 6.92 Å². The van der Waals surface area contributed by atoms with Gasteiger partial charge in [0.25, 0.3) is 0 Å². The fourth-order valence-electron chi connectivity index (χ4n) is 0.673. The molecule has 1 rings (SSSR count). The number of carbonyl (C=O) groups is 1. The third-order valence-electron chi connectivity index (χ3n) is 1.27. The summed E-state index contributed by atoms with van der Waals surface area (Å²) >= 11 is 4.24. The monoisotopic (exact) mass is 421 g/mol. The number of aldehydes is 1. The van der Waals surface area contributed by atoms with Crippen molar-refractivity contribution in [2.75, 3.05) is 0 Å². The van der Waals surface area contributed by atoms with Crippen LogP contribution in [0.4, 0.5) is 0 Å². The summed E-state index contributed by atoms with van der Waals surface area (Å²) in [6.45, 7) is 5.64. The highest BCUT2D eigenvalue weighted by atomic mass is 128. The van der Waals surface area contributed by atoms with Gasteiger partial charge in [0.2, 0.25) is 0 Å². The number of aromatic nitrogens is 1. The van der Waals surface area contributed by atoms with E-state index in [-0.39, 0.29) is 11.3 Å². The summed E-state index contributed by atoms with van der Waals surface area (Å²) in [6.07, 6.45) is 2.09. The molecule has 3 nitrogen and oxygen atoms in total. The number of hydrogen-bond acceptors (Lipinski definition) is 3. The Balaban J connectivity index is 0. The fourth-order valence-corrected chi connectivity index (χ4v) is 0.673. The van der Waals surface area contributed by atoms with Crippen molar-refractivity contribution in [2.45, 2.75) is 20.8 Å². The van der Waals surface area contributed by atoms with Crippen molar-refractivity contribution in [3.63, 3.8) is 0 Å². The van der Waals surface area contributed by atoms with E-state index in [0.717, 1.165) is 0 Å². The topological polar surface area (TPSA) is 50.2 Å². The Morgan fingerprint density at radius 1 is 1.43 bits per heavy atom. The van der Waals surface area contributed by atoms with E-state index in [1.54, 1.807) is 6.92 Å². The first-order valence-corrected chi connectivity index (χ1v) is 10.3. The molecule has 0 aliphatic carbocycles. The average Bonchev–Trinajstić information content (AvgIpc) is 2.28. The zero-order valence-corrected chi connectivity index (χ0v) is 12.6. The van der Waals surface area contributed by atoms with Gasteiger partial charge in [-0.2, -0.15) is 0 Å². The van der Waals surface area contributed by atoms with E-state index >= 15 is 0 Å². The first-order chi connectivity index (χ1) is 6.75. The molecule has 0 saturated carbocycles. The summed E-state index contributed by atoms with van der Waals surface area (Å²) in [7, 11) is 0. The summed E-state index contributed by atoms with van der Waals surface area (Å²) in [5.74, 6) is -0.0301. The Hall–Kier alpha value is 0.0800. The molecule has 0 radical (unpaired) electrons. The number of halogens is 2. The highest BCUT2D eigenvalue weighted by Gasteiger charge is 2.01. The zero-order valence-electron chi connectivity index (χ0n) is 8.29. The molecule has 0 aliphatic rings. The summed E-state index contributed by atoms with van der Waals surface area (Å²) in [5, 5.41) is 9.10. The second-order valence-electron chi connectivity index (χ2n) is 1.95. The predicted octanol–water partition coefficient (Wildman–Crippen LogP) is 3.71. The van der Waals surface area contributed by atoms with Crippen LogP contribution in [0.25, 0.3) is 0 Å². The second-order valence-corrected chi connectivity index (χ2v) is 1.95. The normalized spacial score (nSPS) is 7.50. The van der Waals surface area contributed by atoms with Gasteiger partial charge in [-0.15, -0.1) is 0 Å². The van der Waals surface area contributed by atoms with Crippen molar-refractivity contribution in [1.29, 1.82) is 0 Å². The van der Waals surface area contributed by atoms with Crippen molar-refractivity contribution in [3.05, 3.63) is 23.5 Å². The first-order valence-electron chi connectivity index (χ1n) is 3.99. The smallest absolute Gasteiger partial charge is 0.153 e. The minimum Gasteiger partial charge on any atom is -0.505 e.